The summed E-state index contributed by atoms with van der Waals surface area (Å²) in [5, 5.41) is 3.78. The van der Waals surface area contributed by atoms with Crippen molar-refractivity contribution in [3.05, 3.63) is 0 Å². The second-order valence-corrected chi connectivity index (χ2v) is 6.54. The van der Waals surface area contributed by atoms with Crippen LogP contribution in [0.3, 0.4) is 0 Å². The first-order chi connectivity index (χ1) is 8.73. The number of rotatable bonds is 8. The van der Waals surface area contributed by atoms with E-state index in [-0.39, 0.29) is 0 Å². The zero-order valence-electron chi connectivity index (χ0n) is 12.7. The molecule has 18 heavy (non-hydrogen) atoms. The van der Waals surface area contributed by atoms with Crippen molar-refractivity contribution in [1.29, 1.82) is 0 Å². The number of nitrogens with one attached hydrogen (secondary N) is 1. The van der Waals surface area contributed by atoms with Crippen LogP contribution in [0.2, 0.25) is 0 Å². The Morgan fingerprint density at radius 3 is 2.39 bits per heavy atom. The van der Waals surface area contributed by atoms with E-state index in [1.807, 2.05) is 0 Å². The van der Waals surface area contributed by atoms with Gasteiger partial charge in [-0.05, 0) is 56.9 Å². The van der Waals surface area contributed by atoms with Gasteiger partial charge in [0.25, 0.3) is 0 Å². The van der Waals surface area contributed by atoms with Crippen molar-refractivity contribution in [3.63, 3.8) is 0 Å². The van der Waals surface area contributed by atoms with E-state index in [1.165, 1.54) is 64.6 Å². The predicted octanol–water partition coefficient (Wildman–Crippen LogP) is 3.42. The zero-order valence-corrected chi connectivity index (χ0v) is 12.7. The maximum absolute atomic E-state index is 3.78. The summed E-state index contributed by atoms with van der Waals surface area (Å²) in [6.45, 7) is 11.0. The quantitative estimate of drug-likeness (QED) is 0.712. The van der Waals surface area contributed by atoms with Crippen LogP contribution in [-0.4, -0.2) is 36.6 Å². The lowest BCUT2D eigenvalue weighted by Crippen LogP contribution is -2.45. The molecular weight excluding hydrogens is 220 g/mol. The highest BCUT2D eigenvalue weighted by Gasteiger charge is 2.34. The highest BCUT2D eigenvalue weighted by Crippen LogP contribution is 2.32. The first-order valence-corrected chi connectivity index (χ1v) is 8.20. The van der Waals surface area contributed by atoms with E-state index >= 15 is 0 Å². The molecule has 1 saturated heterocycles. The molecule has 1 atom stereocenters. The van der Waals surface area contributed by atoms with Crippen molar-refractivity contribution >= 4 is 0 Å². The third kappa shape index (κ3) is 3.48. The molecule has 0 bridgehead atoms. The molecule has 0 amide bonds. The summed E-state index contributed by atoms with van der Waals surface area (Å²) >= 11 is 0. The maximum Gasteiger partial charge on any atom is 0.00933 e. The fourth-order valence-corrected chi connectivity index (χ4v) is 3.42. The summed E-state index contributed by atoms with van der Waals surface area (Å²) in [5.41, 5.74) is 0.514. The van der Waals surface area contributed by atoms with Gasteiger partial charge in [0.1, 0.15) is 0 Å². The van der Waals surface area contributed by atoms with Gasteiger partial charge >= 0.3 is 0 Å². The molecule has 2 heteroatoms. The Labute approximate surface area is 114 Å². The van der Waals surface area contributed by atoms with Crippen LogP contribution < -0.4 is 5.32 Å². The standard InChI is InChI=1S/C16H32N2/c1-4-15-8-7-11-18(15)13-16(5-2,6-3)12-17-14-9-10-14/h14-15,17H,4-13H2,1-3H3. The van der Waals surface area contributed by atoms with Crippen LogP contribution in [-0.2, 0) is 0 Å². The molecule has 1 aliphatic heterocycles. The number of hydrogen-bond acceptors (Lipinski definition) is 2. The van der Waals surface area contributed by atoms with Crippen molar-refractivity contribution < 1.29 is 0 Å². The van der Waals surface area contributed by atoms with E-state index in [0.717, 1.165) is 12.1 Å². The van der Waals surface area contributed by atoms with Gasteiger partial charge < -0.3 is 5.32 Å². The largest absolute Gasteiger partial charge is 0.313 e. The third-order valence-corrected chi connectivity index (χ3v) is 5.35. The Morgan fingerprint density at radius 2 is 1.83 bits per heavy atom. The molecule has 2 fully saturated rings. The summed E-state index contributed by atoms with van der Waals surface area (Å²) in [5.74, 6) is 0. The van der Waals surface area contributed by atoms with E-state index in [1.54, 1.807) is 0 Å². The van der Waals surface area contributed by atoms with Crippen LogP contribution in [0, 0.1) is 5.41 Å². The fraction of sp³-hybridized carbons (Fsp3) is 1.00. The van der Waals surface area contributed by atoms with E-state index in [0.29, 0.717) is 5.41 Å². The van der Waals surface area contributed by atoms with E-state index in [2.05, 4.69) is 31.0 Å². The van der Waals surface area contributed by atoms with Crippen LogP contribution in [0.15, 0.2) is 0 Å². The monoisotopic (exact) mass is 252 g/mol. The van der Waals surface area contributed by atoms with Gasteiger partial charge in [0, 0.05) is 25.2 Å². The molecule has 1 N–H and O–H groups in total. The van der Waals surface area contributed by atoms with Gasteiger partial charge in [0.2, 0.25) is 0 Å². The summed E-state index contributed by atoms with van der Waals surface area (Å²) in [6.07, 6.45) is 9.62. The molecular formula is C16H32N2. The minimum Gasteiger partial charge on any atom is -0.313 e. The lowest BCUT2D eigenvalue weighted by atomic mass is 9.81. The SMILES string of the molecule is CCC1CCCN1CC(CC)(CC)CNC1CC1. The van der Waals surface area contributed by atoms with Gasteiger partial charge in [-0.3, -0.25) is 4.90 Å². The van der Waals surface area contributed by atoms with Gasteiger partial charge in [-0.1, -0.05) is 20.8 Å². The average Bonchev–Trinajstić information content (AvgIpc) is 3.13. The summed E-state index contributed by atoms with van der Waals surface area (Å²) in [6, 6.07) is 1.71. The maximum atomic E-state index is 3.78. The van der Waals surface area contributed by atoms with Crippen molar-refractivity contribution in [2.75, 3.05) is 19.6 Å². The molecule has 1 saturated carbocycles. The molecule has 0 radical (unpaired) electrons. The van der Waals surface area contributed by atoms with Gasteiger partial charge in [-0.15, -0.1) is 0 Å². The lowest BCUT2D eigenvalue weighted by molar-refractivity contribution is 0.122. The van der Waals surface area contributed by atoms with Gasteiger partial charge in [-0.25, -0.2) is 0 Å². The average molecular weight is 252 g/mol. The lowest BCUT2D eigenvalue weighted by Gasteiger charge is -2.38. The molecule has 1 aliphatic carbocycles. The van der Waals surface area contributed by atoms with Crippen LogP contribution in [0.5, 0.6) is 0 Å². The van der Waals surface area contributed by atoms with Crippen LogP contribution >= 0.6 is 0 Å². The van der Waals surface area contributed by atoms with Gasteiger partial charge in [-0.2, -0.15) is 0 Å². The Kier molecular flexibility index (Phi) is 5.08. The normalized spacial score (nSPS) is 25.8. The Morgan fingerprint density at radius 1 is 1.11 bits per heavy atom. The number of nitrogens with zero attached hydrogens (tertiary/aromatic N) is 1. The molecule has 2 rings (SSSR count). The van der Waals surface area contributed by atoms with Crippen molar-refractivity contribution in [2.45, 2.75) is 77.8 Å². The van der Waals surface area contributed by atoms with E-state index < -0.39 is 0 Å². The zero-order chi connectivity index (χ0) is 13.0. The highest BCUT2D eigenvalue weighted by atomic mass is 15.2. The summed E-state index contributed by atoms with van der Waals surface area (Å²) < 4.78 is 0. The van der Waals surface area contributed by atoms with Crippen LogP contribution in [0.1, 0.15) is 65.7 Å². The van der Waals surface area contributed by atoms with E-state index in [9.17, 15) is 0 Å². The van der Waals surface area contributed by atoms with Crippen LogP contribution in [0.25, 0.3) is 0 Å². The van der Waals surface area contributed by atoms with E-state index in [4.69, 9.17) is 0 Å². The molecule has 1 heterocycles. The van der Waals surface area contributed by atoms with Crippen molar-refractivity contribution in [1.82, 2.24) is 10.2 Å². The van der Waals surface area contributed by atoms with Crippen molar-refractivity contribution in [2.24, 2.45) is 5.41 Å². The molecule has 106 valence electrons. The first kappa shape index (κ1) is 14.3. The summed E-state index contributed by atoms with van der Waals surface area (Å²) in [7, 11) is 0. The Hall–Kier alpha value is -0.0800. The van der Waals surface area contributed by atoms with Gasteiger partial charge in [0.15, 0.2) is 0 Å². The smallest absolute Gasteiger partial charge is 0.00933 e. The Balaban J connectivity index is 1.90. The first-order valence-electron chi connectivity index (χ1n) is 8.20. The number of hydrogen-bond donors (Lipinski definition) is 1. The fourth-order valence-electron chi connectivity index (χ4n) is 3.42. The molecule has 0 aromatic carbocycles. The molecule has 2 aliphatic rings. The molecule has 0 spiro atoms. The predicted molar refractivity (Wildman–Crippen MR) is 78.9 cm³/mol. The Bertz CT molecular complexity index is 243. The minimum absolute atomic E-state index is 0.514. The highest BCUT2D eigenvalue weighted by molar-refractivity contribution is 4.91. The molecule has 0 aromatic rings. The minimum atomic E-state index is 0.514. The van der Waals surface area contributed by atoms with Crippen molar-refractivity contribution in [3.8, 4) is 0 Å². The van der Waals surface area contributed by atoms with Crippen LogP contribution in [0.4, 0.5) is 0 Å². The molecule has 2 nitrogen and oxygen atoms in total. The molecule has 1 unspecified atom stereocenters. The second-order valence-electron chi connectivity index (χ2n) is 6.54. The van der Waals surface area contributed by atoms with Gasteiger partial charge in [0.05, 0.1) is 0 Å². The topological polar surface area (TPSA) is 15.3 Å². The third-order valence-electron chi connectivity index (χ3n) is 5.35. The molecule has 0 aromatic heterocycles. The summed E-state index contributed by atoms with van der Waals surface area (Å²) in [4.78, 5) is 2.78. The second kappa shape index (κ2) is 6.38. The number of likely N-dealkylation sites (tertiary alicyclic amines) is 1.